The Bertz CT molecular complexity index is 127. The molecule has 2 nitrogen and oxygen atoms in total. The van der Waals surface area contributed by atoms with Crippen LogP contribution in [0.5, 0.6) is 0 Å². The molecule has 0 aromatic carbocycles. The molecule has 0 N–H and O–H groups in total. The molecule has 0 aliphatic rings. The minimum atomic E-state index is -1.12. The van der Waals surface area contributed by atoms with Gasteiger partial charge in [0, 0.05) is 13.2 Å². The van der Waals surface area contributed by atoms with Crippen molar-refractivity contribution in [3.8, 4) is 0 Å². The van der Waals surface area contributed by atoms with Gasteiger partial charge in [0.15, 0.2) is 0 Å². The van der Waals surface area contributed by atoms with E-state index in [2.05, 4.69) is 19.5 Å². The first-order valence-corrected chi connectivity index (χ1v) is 6.99. The highest BCUT2D eigenvalue weighted by atomic mass is 28.3. The van der Waals surface area contributed by atoms with Crippen molar-refractivity contribution in [2.75, 3.05) is 13.2 Å². The monoisotopic (exact) mass is 215 g/mol. The van der Waals surface area contributed by atoms with E-state index in [1.165, 1.54) is 12.8 Å². The topological polar surface area (TPSA) is 18.5 Å². The number of allylic oxidation sites excluding steroid dienone is 1. The van der Waals surface area contributed by atoms with Crippen LogP contribution in [0.1, 0.15) is 46.5 Å². The summed E-state index contributed by atoms with van der Waals surface area (Å²) in [5.41, 5.74) is 2.07. The van der Waals surface area contributed by atoms with E-state index in [1.807, 2.05) is 13.0 Å². The Morgan fingerprint density at radius 3 is 1.86 bits per heavy atom. The van der Waals surface area contributed by atoms with Gasteiger partial charge < -0.3 is 8.85 Å². The largest absolute Gasteiger partial charge is 0.415 e. The second-order valence-electron chi connectivity index (χ2n) is 3.22. The molecule has 3 heteroatoms. The highest BCUT2D eigenvalue weighted by Gasteiger charge is 2.10. The SMILES string of the molecule is CC=C[Si](OCCCC)OCCCC. The van der Waals surface area contributed by atoms with Crippen LogP contribution in [0.15, 0.2) is 11.8 Å². The maximum absolute atomic E-state index is 5.66. The molecule has 1 radical (unpaired) electrons. The Labute approximate surface area is 90.2 Å². The number of unbranched alkanes of at least 4 members (excludes halogenated alkanes) is 2. The van der Waals surface area contributed by atoms with Crippen LogP contribution in [0, 0.1) is 0 Å². The molecule has 0 saturated carbocycles. The van der Waals surface area contributed by atoms with Crippen molar-refractivity contribution in [2.45, 2.75) is 46.5 Å². The smallest absolute Gasteiger partial charge is 0.390 e. The normalized spacial score (nSPS) is 11.7. The second-order valence-corrected chi connectivity index (χ2v) is 4.77. The fourth-order valence-electron chi connectivity index (χ4n) is 0.908. The maximum atomic E-state index is 5.66. The predicted octanol–water partition coefficient (Wildman–Crippen LogP) is 3.22. The summed E-state index contributed by atoms with van der Waals surface area (Å²) >= 11 is 0. The van der Waals surface area contributed by atoms with E-state index in [0.717, 1.165) is 26.1 Å². The fourth-order valence-corrected chi connectivity index (χ4v) is 2.15. The molecule has 0 spiro atoms. The van der Waals surface area contributed by atoms with Gasteiger partial charge in [0.1, 0.15) is 0 Å². The van der Waals surface area contributed by atoms with Crippen molar-refractivity contribution in [2.24, 2.45) is 0 Å². The molecule has 0 aromatic rings. The van der Waals surface area contributed by atoms with Gasteiger partial charge >= 0.3 is 9.28 Å². The van der Waals surface area contributed by atoms with Gasteiger partial charge in [-0.15, -0.1) is 0 Å². The van der Waals surface area contributed by atoms with Gasteiger partial charge in [0.05, 0.1) is 0 Å². The number of hydrogen-bond donors (Lipinski definition) is 0. The zero-order valence-electron chi connectivity index (χ0n) is 9.71. The first-order valence-electron chi connectivity index (χ1n) is 5.60. The third-order valence-electron chi connectivity index (χ3n) is 1.79. The molecular weight excluding hydrogens is 192 g/mol. The molecule has 0 aliphatic carbocycles. The van der Waals surface area contributed by atoms with Crippen LogP contribution in [0.4, 0.5) is 0 Å². The van der Waals surface area contributed by atoms with Gasteiger partial charge in [-0.1, -0.05) is 32.8 Å². The van der Waals surface area contributed by atoms with Crippen LogP contribution in [0.25, 0.3) is 0 Å². The van der Waals surface area contributed by atoms with Crippen molar-refractivity contribution < 1.29 is 8.85 Å². The van der Waals surface area contributed by atoms with E-state index < -0.39 is 9.28 Å². The van der Waals surface area contributed by atoms with Crippen LogP contribution in [0.2, 0.25) is 0 Å². The summed E-state index contributed by atoms with van der Waals surface area (Å²) in [4.78, 5) is 0. The lowest BCUT2D eigenvalue weighted by Gasteiger charge is -2.11. The average molecular weight is 215 g/mol. The molecule has 0 bridgehead atoms. The molecule has 0 rings (SSSR count). The highest BCUT2D eigenvalue weighted by molar-refractivity contribution is 6.50. The maximum Gasteiger partial charge on any atom is 0.415 e. The number of rotatable bonds is 9. The van der Waals surface area contributed by atoms with Crippen LogP contribution in [-0.2, 0) is 8.85 Å². The Balaban J connectivity index is 3.55. The van der Waals surface area contributed by atoms with E-state index >= 15 is 0 Å². The number of hydrogen-bond acceptors (Lipinski definition) is 2. The fraction of sp³-hybridized carbons (Fsp3) is 0.818. The van der Waals surface area contributed by atoms with Crippen LogP contribution < -0.4 is 0 Å². The lowest BCUT2D eigenvalue weighted by atomic mass is 10.4. The van der Waals surface area contributed by atoms with Crippen molar-refractivity contribution in [3.63, 3.8) is 0 Å². The van der Waals surface area contributed by atoms with Crippen molar-refractivity contribution >= 4 is 9.28 Å². The molecule has 14 heavy (non-hydrogen) atoms. The van der Waals surface area contributed by atoms with Crippen molar-refractivity contribution in [1.82, 2.24) is 0 Å². The van der Waals surface area contributed by atoms with E-state index in [4.69, 9.17) is 8.85 Å². The van der Waals surface area contributed by atoms with Crippen LogP contribution in [0.3, 0.4) is 0 Å². The quantitative estimate of drug-likeness (QED) is 0.434. The molecule has 0 aliphatic heterocycles. The molecule has 0 atom stereocenters. The molecule has 0 fully saturated rings. The van der Waals surface area contributed by atoms with Crippen LogP contribution >= 0.6 is 0 Å². The van der Waals surface area contributed by atoms with E-state index in [1.54, 1.807) is 0 Å². The van der Waals surface area contributed by atoms with Crippen molar-refractivity contribution in [1.29, 1.82) is 0 Å². The van der Waals surface area contributed by atoms with Gasteiger partial charge in [-0.05, 0) is 25.5 Å². The van der Waals surface area contributed by atoms with E-state index in [9.17, 15) is 0 Å². The van der Waals surface area contributed by atoms with Gasteiger partial charge in [0.2, 0.25) is 0 Å². The third kappa shape index (κ3) is 8.47. The summed E-state index contributed by atoms with van der Waals surface area (Å²) in [7, 11) is -1.12. The Hall–Kier alpha value is -0.123. The summed E-state index contributed by atoms with van der Waals surface area (Å²) in [5.74, 6) is 0. The minimum Gasteiger partial charge on any atom is -0.390 e. The zero-order valence-corrected chi connectivity index (χ0v) is 10.7. The molecule has 0 aromatic heterocycles. The van der Waals surface area contributed by atoms with E-state index in [-0.39, 0.29) is 0 Å². The Kier molecular flexibility index (Phi) is 10.9. The molecule has 0 heterocycles. The van der Waals surface area contributed by atoms with Gasteiger partial charge in [-0.25, -0.2) is 0 Å². The molecule has 0 amide bonds. The zero-order chi connectivity index (χ0) is 10.6. The first-order chi connectivity index (χ1) is 6.85. The second kappa shape index (κ2) is 11.0. The first kappa shape index (κ1) is 13.9. The summed E-state index contributed by atoms with van der Waals surface area (Å²) in [5, 5.41) is 0. The summed E-state index contributed by atoms with van der Waals surface area (Å²) in [6, 6.07) is 0. The molecule has 0 saturated heterocycles. The molecule has 83 valence electrons. The van der Waals surface area contributed by atoms with E-state index in [0.29, 0.717) is 0 Å². The Morgan fingerprint density at radius 1 is 1.00 bits per heavy atom. The lowest BCUT2D eigenvalue weighted by Crippen LogP contribution is -2.22. The van der Waals surface area contributed by atoms with Crippen molar-refractivity contribution in [3.05, 3.63) is 11.8 Å². The molecule has 0 unspecified atom stereocenters. The van der Waals surface area contributed by atoms with Gasteiger partial charge in [-0.2, -0.15) is 0 Å². The van der Waals surface area contributed by atoms with Gasteiger partial charge in [0.25, 0.3) is 0 Å². The predicted molar refractivity (Wildman–Crippen MR) is 62.3 cm³/mol. The highest BCUT2D eigenvalue weighted by Crippen LogP contribution is 1.98. The lowest BCUT2D eigenvalue weighted by molar-refractivity contribution is 0.201. The minimum absolute atomic E-state index is 0.835. The summed E-state index contributed by atoms with van der Waals surface area (Å²) in [6.45, 7) is 8.02. The molecular formula is C11H23O2Si. The Morgan fingerprint density at radius 2 is 1.50 bits per heavy atom. The third-order valence-corrected chi connectivity index (χ3v) is 3.37. The standard InChI is InChI=1S/C11H23O2Si/c1-4-7-9-12-14(11-6-3)13-10-8-5-2/h6,11H,4-5,7-10H2,1-3H3. The average Bonchev–Trinajstić information content (AvgIpc) is 2.18. The summed E-state index contributed by atoms with van der Waals surface area (Å²) < 4.78 is 11.3. The summed E-state index contributed by atoms with van der Waals surface area (Å²) in [6.07, 6.45) is 6.64. The van der Waals surface area contributed by atoms with Gasteiger partial charge in [-0.3, -0.25) is 0 Å². The van der Waals surface area contributed by atoms with Crippen LogP contribution in [-0.4, -0.2) is 22.5 Å².